The summed E-state index contributed by atoms with van der Waals surface area (Å²) in [5.74, 6) is 0. The molecule has 0 N–H and O–H groups in total. The number of rotatable bonds is 7. The van der Waals surface area contributed by atoms with Crippen LogP contribution >= 0.6 is 0 Å². The normalized spacial score (nSPS) is 13.3. The molecule has 0 bridgehead atoms. The SMILES string of the molecule is [2H]C(C=C)CCCOCc1ccccc1. The van der Waals surface area contributed by atoms with Gasteiger partial charge in [-0.15, -0.1) is 6.58 Å². The highest BCUT2D eigenvalue weighted by atomic mass is 16.5. The largest absolute Gasteiger partial charge is 0.377 e. The molecular weight excluding hydrogens is 172 g/mol. The van der Waals surface area contributed by atoms with E-state index in [1.54, 1.807) is 6.08 Å². The van der Waals surface area contributed by atoms with Crippen LogP contribution in [0.15, 0.2) is 43.0 Å². The molecule has 1 heteroatoms. The van der Waals surface area contributed by atoms with E-state index in [4.69, 9.17) is 6.11 Å². The summed E-state index contributed by atoms with van der Waals surface area (Å²) in [6, 6.07) is 10.1. The summed E-state index contributed by atoms with van der Waals surface area (Å²) in [4.78, 5) is 0. The summed E-state index contributed by atoms with van der Waals surface area (Å²) >= 11 is 0. The van der Waals surface area contributed by atoms with Crippen molar-refractivity contribution in [3.8, 4) is 0 Å². The zero-order valence-electron chi connectivity index (χ0n) is 9.49. The number of hydrogen-bond donors (Lipinski definition) is 0. The zero-order valence-corrected chi connectivity index (χ0v) is 8.49. The average Bonchev–Trinajstić information content (AvgIpc) is 2.29. The van der Waals surface area contributed by atoms with E-state index >= 15 is 0 Å². The minimum Gasteiger partial charge on any atom is -0.377 e. The van der Waals surface area contributed by atoms with Gasteiger partial charge >= 0.3 is 0 Å². The van der Waals surface area contributed by atoms with E-state index in [2.05, 4.69) is 18.7 Å². The predicted octanol–water partition coefficient (Wildman–Crippen LogP) is 3.56. The number of ether oxygens (including phenoxy) is 1. The standard InChI is InChI=1S/C13H18O/c1-2-3-4-8-11-14-12-13-9-6-5-7-10-13/h2,5-7,9-10H,1,3-4,8,11-12H2/i3D. The molecule has 1 aromatic carbocycles. The van der Waals surface area contributed by atoms with Crippen LogP contribution in [-0.4, -0.2) is 6.61 Å². The number of hydrogen-bond acceptors (Lipinski definition) is 1. The molecule has 0 spiro atoms. The van der Waals surface area contributed by atoms with Gasteiger partial charge < -0.3 is 4.74 Å². The lowest BCUT2D eigenvalue weighted by atomic mass is 10.2. The monoisotopic (exact) mass is 191 g/mol. The lowest BCUT2D eigenvalue weighted by molar-refractivity contribution is 0.117. The second kappa shape index (κ2) is 7.34. The van der Waals surface area contributed by atoms with E-state index in [9.17, 15) is 0 Å². The van der Waals surface area contributed by atoms with Crippen LogP contribution in [0.4, 0.5) is 0 Å². The van der Waals surface area contributed by atoms with Gasteiger partial charge in [-0.05, 0) is 24.8 Å². The van der Waals surface area contributed by atoms with E-state index < -0.39 is 0 Å². The topological polar surface area (TPSA) is 9.23 Å². The highest BCUT2D eigenvalue weighted by Gasteiger charge is 1.91. The Kier molecular flexibility index (Phi) is 4.96. The molecule has 1 aromatic rings. The molecule has 0 amide bonds. The van der Waals surface area contributed by atoms with E-state index in [0.717, 1.165) is 19.4 Å². The molecule has 0 radical (unpaired) electrons. The van der Waals surface area contributed by atoms with Crippen molar-refractivity contribution in [2.75, 3.05) is 6.61 Å². The third kappa shape index (κ3) is 4.83. The fourth-order valence-corrected chi connectivity index (χ4v) is 1.19. The predicted molar refractivity (Wildman–Crippen MR) is 60.1 cm³/mol. The Morgan fingerprint density at radius 1 is 1.29 bits per heavy atom. The first-order chi connectivity index (χ1) is 7.33. The quantitative estimate of drug-likeness (QED) is 0.473. The van der Waals surface area contributed by atoms with Crippen LogP contribution in [0.2, 0.25) is 0 Å². The van der Waals surface area contributed by atoms with E-state index in [-0.39, 0.29) is 6.40 Å². The second-order valence-electron chi connectivity index (χ2n) is 3.15. The number of allylic oxidation sites excluding steroid dienone is 1. The molecule has 14 heavy (non-hydrogen) atoms. The van der Waals surface area contributed by atoms with Crippen molar-refractivity contribution in [1.29, 1.82) is 0 Å². The molecule has 1 unspecified atom stereocenters. The summed E-state index contributed by atoms with van der Waals surface area (Å²) in [7, 11) is 0. The van der Waals surface area contributed by atoms with E-state index in [0.29, 0.717) is 6.61 Å². The van der Waals surface area contributed by atoms with Crippen molar-refractivity contribution in [3.63, 3.8) is 0 Å². The van der Waals surface area contributed by atoms with Crippen molar-refractivity contribution in [1.82, 2.24) is 0 Å². The van der Waals surface area contributed by atoms with Gasteiger partial charge in [0.25, 0.3) is 0 Å². The Morgan fingerprint density at radius 2 is 2.07 bits per heavy atom. The van der Waals surface area contributed by atoms with Crippen LogP contribution in [0.3, 0.4) is 0 Å². The molecule has 0 saturated carbocycles. The molecule has 76 valence electrons. The van der Waals surface area contributed by atoms with Crippen LogP contribution in [0.5, 0.6) is 0 Å². The minimum atomic E-state index is -0.148. The molecule has 0 saturated heterocycles. The van der Waals surface area contributed by atoms with Gasteiger partial charge in [0, 0.05) is 7.98 Å². The highest BCUT2D eigenvalue weighted by molar-refractivity contribution is 5.13. The minimum absolute atomic E-state index is 0.148. The first-order valence-corrected chi connectivity index (χ1v) is 4.99. The smallest absolute Gasteiger partial charge is 0.0716 e. The fourth-order valence-electron chi connectivity index (χ4n) is 1.19. The second-order valence-corrected chi connectivity index (χ2v) is 3.15. The van der Waals surface area contributed by atoms with Gasteiger partial charge in [0.1, 0.15) is 0 Å². The molecule has 0 aliphatic heterocycles. The van der Waals surface area contributed by atoms with Crippen molar-refractivity contribution >= 4 is 0 Å². The lowest BCUT2D eigenvalue weighted by Gasteiger charge is -2.03. The molecule has 0 aliphatic carbocycles. The average molecular weight is 191 g/mol. The van der Waals surface area contributed by atoms with E-state index in [1.165, 1.54) is 5.56 Å². The van der Waals surface area contributed by atoms with Gasteiger partial charge in [0.05, 0.1) is 6.61 Å². The van der Waals surface area contributed by atoms with Crippen LogP contribution in [0, 0.1) is 0 Å². The highest BCUT2D eigenvalue weighted by Crippen LogP contribution is 2.02. The Morgan fingerprint density at radius 3 is 2.79 bits per heavy atom. The van der Waals surface area contributed by atoms with Crippen LogP contribution in [0.1, 0.15) is 26.2 Å². The van der Waals surface area contributed by atoms with Gasteiger partial charge in [0.2, 0.25) is 0 Å². The van der Waals surface area contributed by atoms with Crippen molar-refractivity contribution in [3.05, 3.63) is 48.6 Å². The molecule has 1 rings (SSSR count). The maximum Gasteiger partial charge on any atom is 0.0716 e. The van der Waals surface area contributed by atoms with Gasteiger partial charge in [-0.1, -0.05) is 36.4 Å². The molecule has 0 heterocycles. The van der Waals surface area contributed by atoms with Crippen molar-refractivity contribution in [2.24, 2.45) is 0 Å². The molecular formula is C13H18O. The maximum absolute atomic E-state index is 7.45. The van der Waals surface area contributed by atoms with Crippen molar-refractivity contribution in [2.45, 2.75) is 25.8 Å². The van der Waals surface area contributed by atoms with Crippen LogP contribution < -0.4 is 0 Å². The van der Waals surface area contributed by atoms with Crippen LogP contribution in [0.25, 0.3) is 0 Å². The first-order valence-electron chi connectivity index (χ1n) is 5.57. The zero-order chi connectivity index (χ0) is 10.9. The lowest BCUT2D eigenvalue weighted by Crippen LogP contribution is -1.94. The van der Waals surface area contributed by atoms with Gasteiger partial charge in [0.15, 0.2) is 0 Å². The number of benzene rings is 1. The molecule has 1 atom stereocenters. The molecule has 1 nitrogen and oxygen atoms in total. The first kappa shape index (κ1) is 9.47. The third-order valence-corrected chi connectivity index (χ3v) is 1.94. The summed E-state index contributed by atoms with van der Waals surface area (Å²) in [5.41, 5.74) is 1.20. The maximum atomic E-state index is 7.45. The molecule has 0 aromatic heterocycles. The summed E-state index contributed by atoms with van der Waals surface area (Å²) in [6.07, 6.45) is 3.27. The molecule has 0 fully saturated rings. The fraction of sp³-hybridized carbons (Fsp3) is 0.385. The third-order valence-electron chi connectivity index (χ3n) is 1.94. The van der Waals surface area contributed by atoms with Crippen LogP contribution in [-0.2, 0) is 11.3 Å². The Bertz CT molecular complexity index is 271. The Balaban J connectivity index is 2.05. The summed E-state index contributed by atoms with van der Waals surface area (Å²) < 4.78 is 12.9. The Labute approximate surface area is 87.8 Å². The van der Waals surface area contributed by atoms with Crippen molar-refractivity contribution < 1.29 is 6.11 Å². The molecule has 0 aliphatic rings. The van der Waals surface area contributed by atoms with E-state index in [1.807, 2.05) is 18.2 Å². The van der Waals surface area contributed by atoms with Gasteiger partial charge in [-0.25, -0.2) is 0 Å². The Hall–Kier alpha value is -1.08. The summed E-state index contributed by atoms with van der Waals surface area (Å²) in [6.45, 7) is 4.96. The summed E-state index contributed by atoms with van der Waals surface area (Å²) in [5, 5.41) is 0. The van der Waals surface area contributed by atoms with Gasteiger partial charge in [-0.3, -0.25) is 0 Å². The van der Waals surface area contributed by atoms with Gasteiger partial charge in [-0.2, -0.15) is 0 Å².